The van der Waals surface area contributed by atoms with Gasteiger partial charge >= 0.3 is 0 Å². The Hall–Kier alpha value is -1.88. The van der Waals surface area contributed by atoms with E-state index in [0.717, 1.165) is 30.6 Å². The van der Waals surface area contributed by atoms with Crippen LogP contribution in [0, 0.1) is 0 Å². The van der Waals surface area contributed by atoms with Gasteiger partial charge in [-0.05, 0) is 24.0 Å². The van der Waals surface area contributed by atoms with Gasteiger partial charge in [0.1, 0.15) is 6.10 Å². The van der Waals surface area contributed by atoms with Crippen molar-refractivity contribution < 1.29 is 37.9 Å². The Morgan fingerprint density at radius 3 is 2.10 bits per heavy atom. The summed E-state index contributed by atoms with van der Waals surface area (Å²) in [4.78, 5) is 0. The van der Waals surface area contributed by atoms with Gasteiger partial charge in [-0.2, -0.15) is 0 Å². The lowest BCUT2D eigenvalue weighted by Gasteiger charge is -2.61. The molecule has 4 heterocycles. The number of hydrogen-bond acceptors (Lipinski definition) is 8. The zero-order valence-corrected chi connectivity index (χ0v) is 22.9. The molecule has 39 heavy (non-hydrogen) atoms. The van der Waals surface area contributed by atoms with Crippen LogP contribution in [0.2, 0.25) is 0 Å². The van der Waals surface area contributed by atoms with Gasteiger partial charge in [-0.1, -0.05) is 60.7 Å². The number of fused-ring (bicyclic) bond motifs is 3. The minimum Gasteiger partial charge on any atom is -0.375 e. The topological polar surface area (TPSA) is 73.8 Å². The number of benzene rings is 2. The molecule has 212 valence electrons. The fraction of sp³-hybridized carbons (Fsp3) is 0.613. The largest absolute Gasteiger partial charge is 0.375 e. The molecule has 4 aliphatic heterocycles. The van der Waals surface area contributed by atoms with Crippen LogP contribution >= 0.6 is 0 Å². The van der Waals surface area contributed by atoms with Gasteiger partial charge in [0.2, 0.25) is 11.6 Å². The Morgan fingerprint density at radius 1 is 0.769 bits per heavy atom. The minimum atomic E-state index is -1.09. The molecule has 8 nitrogen and oxygen atoms in total. The fourth-order valence-electron chi connectivity index (χ4n) is 6.52. The van der Waals surface area contributed by atoms with Crippen LogP contribution in [0.15, 0.2) is 60.7 Å². The maximum Gasteiger partial charge on any atom is 0.226 e. The SMILES string of the molecule is CO[C@]12C[C@H]3OCCC[C@@H]3O[C@]1(OC)C[C@@H]1O[C@H](COCc3ccccc3)[C@@H](OCc3ccccc3)C[C@H]1O2. The van der Waals surface area contributed by atoms with Crippen LogP contribution in [-0.2, 0) is 51.1 Å². The van der Waals surface area contributed by atoms with Crippen LogP contribution < -0.4 is 0 Å². The maximum absolute atomic E-state index is 6.78. The Kier molecular flexibility index (Phi) is 8.35. The number of ether oxygens (including phenoxy) is 8. The van der Waals surface area contributed by atoms with E-state index in [4.69, 9.17) is 37.9 Å². The van der Waals surface area contributed by atoms with E-state index in [1.54, 1.807) is 14.2 Å². The molecule has 8 heteroatoms. The minimum absolute atomic E-state index is 0.0577. The molecule has 6 rings (SSSR count). The third-order valence-corrected chi connectivity index (χ3v) is 8.59. The van der Waals surface area contributed by atoms with Crippen LogP contribution in [0.25, 0.3) is 0 Å². The maximum atomic E-state index is 6.78. The van der Waals surface area contributed by atoms with Crippen molar-refractivity contribution in [1.29, 1.82) is 0 Å². The van der Waals surface area contributed by atoms with Crippen molar-refractivity contribution in [1.82, 2.24) is 0 Å². The molecular weight excluding hydrogens is 500 g/mol. The predicted octanol–water partition coefficient (Wildman–Crippen LogP) is 4.39. The highest BCUT2D eigenvalue weighted by Crippen LogP contribution is 2.53. The Labute approximate surface area is 230 Å². The Bertz CT molecular complexity index is 1050. The van der Waals surface area contributed by atoms with E-state index in [1.165, 1.54) is 0 Å². The first-order valence-corrected chi connectivity index (χ1v) is 14.1. The summed E-state index contributed by atoms with van der Waals surface area (Å²) >= 11 is 0. The normalized spacial score (nSPS) is 37.9. The smallest absolute Gasteiger partial charge is 0.226 e. The molecule has 0 radical (unpaired) electrons. The van der Waals surface area contributed by atoms with Crippen molar-refractivity contribution in [3.05, 3.63) is 71.8 Å². The first-order chi connectivity index (χ1) is 19.1. The lowest BCUT2D eigenvalue weighted by atomic mass is 9.80. The summed E-state index contributed by atoms with van der Waals surface area (Å²) in [7, 11) is 3.32. The summed E-state index contributed by atoms with van der Waals surface area (Å²) in [5.41, 5.74) is 2.23. The molecule has 2 aromatic rings. The van der Waals surface area contributed by atoms with E-state index < -0.39 is 11.6 Å². The molecule has 4 aliphatic rings. The van der Waals surface area contributed by atoms with Gasteiger partial charge < -0.3 is 37.9 Å². The van der Waals surface area contributed by atoms with E-state index in [-0.39, 0.29) is 36.6 Å². The molecule has 0 unspecified atom stereocenters. The second-order valence-corrected chi connectivity index (χ2v) is 11.0. The van der Waals surface area contributed by atoms with Crippen molar-refractivity contribution in [2.45, 2.75) is 93.5 Å². The summed E-state index contributed by atoms with van der Waals surface area (Å²) in [6.07, 6.45) is 2.45. The Balaban J connectivity index is 1.20. The summed E-state index contributed by atoms with van der Waals surface area (Å²) in [5.74, 6) is -2.18. The van der Waals surface area contributed by atoms with Gasteiger partial charge in [-0.3, -0.25) is 0 Å². The number of hydrogen-bond donors (Lipinski definition) is 0. The van der Waals surface area contributed by atoms with Gasteiger partial charge in [0.05, 0.1) is 50.3 Å². The van der Waals surface area contributed by atoms with Crippen molar-refractivity contribution in [3.8, 4) is 0 Å². The quantitative estimate of drug-likeness (QED) is 0.464. The van der Waals surface area contributed by atoms with Crippen molar-refractivity contribution in [2.24, 2.45) is 0 Å². The van der Waals surface area contributed by atoms with Gasteiger partial charge in [0, 0.05) is 40.1 Å². The highest BCUT2D eigenvalue weighted by Gasteiger charge is 2.68. The summed E-state index contributed by atoms with van der Waals surface area (Å²) in [6, 6.07) is 20.3. The molecule has 0 N–H and O–H groups in total. The third-order valence-electron chi connectivity index (χ3n) is 8.59. The number of methoxy groups -OCH3 is 2. The van der Waals surface area contributed by atoms with Crippen molar-refractivity contribution >= 4 is 0 Å². The molecule has 0 spiro atoms. The summed E-state index contributed by atoms with van der Waals surface area (Å²) < 4.78 is 51.0. The second-order valence-electron chi connectivity index (χ2n) is 11.0. The molecule has 0 bridgehead atoms. The van der Waals surface area contributed by atoms with E-state index in [0.29, 0.717) is 39.1 Å². The van der Waals surface area contributed by atoms with Gasteiger partial charge in [0.25, 0.3) is 0 Å². The molecule has 0 aliphatic carbocycles. The molecule has 4 saturated heterocycles. The highest BCUT2D eigenvalue weighted by atomic mass is 16.8. The van der Waals surface area contributed by atoms with Crippen molar-refractivity contribution in [3.63, 3.8) is 0 Å². The third kappa shape index (κ3) is 5.54. The Morgan fingerprint density at radius 2 is 1.41 bits per heavy atom. The van der Waals surface area contributed by atoms with E-state index in [2.05, 4.69) is 24.3 Å². The van der Waals surface area contributed by atoms with Gasteiger partial charge in [-0.25, -0.2) is 0 Å². The van der Waals surface area contributed by atoms with E-state index in [1.807, 2.05) is 36.4 Å². The monoisotopic (exact) mass is 540 g/mol. The lowest BCUT2D eigenvalue weighted by molar-refractivity contribution is -0.485. The van der Waals surface area contributed by atoms with Crippen LogP contribution in [0.3, 0.4) is 0 Å². The highest BCUT2D eigenvalue weighted by molar-refractivity contribution is 5.14. The van der Waals surface area contributed by atoms with E-state index >= 15 is 0 Å². The number of rotatable bonds is 9. The predicted molar refractivity (Wildman–Crippen MR) is 142 cm³/mol. The zero-order chi connectivity index (χ0) is 26.7. The van der Waals surface area contributed by atoms with Crippen LogP contribution in [-0.4, -0.2) is 75.6 Å². The molecule has 0 amide bonds. The van der Waals surface area contributed by atoms with Crippen LogP contribution in [0.1, 0.15) is 43.2 Å². The first kappa shape index (κ1) is 27.3. The zero-order valence-electron chi connectivity index (χ0n) is 22.9. The second kappa shape index (κ2) is 11.9. The van der Waals surface area contributed by atoms with Crippen molar-refractivity contribution in [2.75, 3.05) is 27.4 Å². The van der Waals surface area contributed by atoms with E-state index in [9.17, 15) is 0 Å². The molecule has 0 saturated carbocycles. The lowest BCUT2D eigenvalue weighted by Crippen LogP contribution is -2.74. The fourth-order valence-corrected chi connectivity index (χ4v) is 6.52. The van der Waals surface area contributed by atoms with Crippen LogP contribution in [0.4, 0.5) is 0 Å². The summed E-state index contributed by atoms with van der Waals surface area (Å²) in [6.45, 7) is 2.13. The van der Waals surface area contributed by atoms with Gasteiger partial charge in [-0.15, -0.1) is 0 Å². The first-order valence-electron chi connectivity index (χ1n) is 14.1. The summed E-state index contributed by atoms with van der Waals surface area (Å²) in [5, 5.41) is 0. The molecule has 2 aromatic carbocycles. The molecular formula is C31H40O8. The molecule has 8 atom stereocenters. The average molecular weight is 541 g/mol. The molecule has 4 fully saturated rings. The van der Waals surface area contributed by atoms with Gasteiger partial charge in [0.15, 0.2) is 0 Å². The molecule has 0 aromatic heterocycles. The van der Waals surface area contributed by atoms with Crippen LogP contribution in [0.5, 0.6) is 0 Å². The standard InChI is InChI=1S/C31H40O8/c1-32-30-17-27-24(14-9-15-35-27)38-31(30,33-2)18-28-26(39-30)16-25(36-20-23-12-7-4-8-13-23)29(37-28)21-34-19-22-10-5-3-6-11-22/h3-8,10-13,24-29H,9,14-21H2,1-2H3/t24-,25-,26+,27+,28-,29+,30-,31+/m0/s1. The average Bonchev–Trinajstić information content (AvgIpc) is 2.98.